The van der Waals surface area contributed by atoms with Crippen LogP contribution in [0, 0.1) is 0 Å². The van der Waals surface area contributed by atoms with Gasteiger partial charge in [-0.1, -0.05) is 0 Å². The topological polar surface area (TPSA) is 211 Å². The van der Waals surface area contributed by atoms with E-state index in [1.165, 1.54) is 11.0 Å². The van der Waals surface area contributed by atoms with Gasteiger partial charge in [0.05, 0.1) is 11.3 Å². The Hall–Kier alpha value is -2.34. The van der Waals surface area contributed by atoms with Crippen molar-refractivity contribution in [1.29, 1.82) is 0 Å². The molecule has 2 saturated heterocycles. The van der Waals surface area contributed by atoms with Crippen molar-refractivity contribution in [1.82, 2.24) is 10.0 Å². The fourth-order valence-corrected chi connectivity index (χ4v) is 6.96. The van der Waals surface area contributed by atoms with Crippen molar-refractivity contribution in [2.75, 3.05) is 31.2 Å². The molecule has 0 aromatic heterocycles. The van der Waals surface area contributed by atoms with Gasteiger partial charge in [-0.2, -0.15) is 5.11 Å². The molecule has 1 aromatic rings. The minimum Gasteiger partial charge on any atom is -0.315 e. The van der Waals surface area contributed by atoms with Crippen LogP contribution < -0.4 is 26.0 Å². The second-order valence-corrected chi connectivity index (χ2v) is 10.9. The Labute approximate surface area is 190 Å². The van der Waals surface area contributed by atoms with Crippen molar-refractivity contribution in [2.24, 2.45) is 26.3 Å². The molecule has 3 heterocycles. The van der Waals surface area contributed by atoms with E-state index in [0.717, 1.165) is 6.07 Å². The summed E-state index contributed by atoms with van der Waals surface area (Å²) in [5, 5.41) is 16.1. The number of nitrogens with zero attached hydrogens (tertiary/aromatic N) is 4. The smallest absolute Gasteiger partial charge is 0.258 e. The van der Waals surface area contributed by atoms with E-state index in [9.17, 15) is 21.6 Å². The predicted molar refractivity (Wildman–Crippen MR) is 116 cm³/mol. The summed E-state index contributed by atoms with van der Waals surface area (Å²) < 4.78 is 54.4. The lowest BCUT2D eigenvalue weighted by atomic mass is 10.0. The monoisotopic (exact) mass is 500 g/mol. The van der Waals surface area contributed by atoms with E-state index in [1.807, 2.05) is 0 Å². The van der Waals surface area contributed by atoms with Crippen LogP contribution in [0.1, 0.15) is 24.8 Å². The third-order valence-corrected chi connectivity index (χ3v) is 8.26. The predicted octanol–water partition coefficient (Wildman–Crippen LogP) is -1.47. The normalized spacial score (nSPS) is 23.9. The number of amidine groups is 1. The van der Waals surface area contributed by atoms with Crippen LogP contribution in [-0.2, 0) is 29.7 Å². The fraction of sp³-hybridized carbons (Fsp3) is 0.529. The molecule has 33 heavy (non-hydrogen) atoms. The number of amides is 1. The standard InChI is InChI=1S/C17H24N8O6S2/c18-31-12-2-1-7-25(17(12)26)11-3-4-13(33(29,30)24-10-5-6-20-8-10)15(32(19,27)28)14(11)16-21-9-22-23-16/h3-4,10,12,20,24H,1-2,5-9,18H2,(H2,19,27,28)/t10-,12?/m1/s1. The van der Waals surface area contributed by atoms with Crippen molar-refractivity contribution < 1.29 is 26.5 Å². The molecular weight excluding hydrogens is 476 g/mol. The highest BCUT2D eigenvalue weighted by molar-refractivity contribution is 7.92. The van der Waals surface area contributed by atoms with Gasteiger partial charge in [-0.25, -0.2) is 37.6 Å². The number of azo groups is 1. The summed E-state index contributed by atoms with van der Waals surface area (Å²) >= 11 is 0. The van der Waals surface area contributed by atoms with Gasteiger partial charge in [0.25, 0.3) is 5.91 Å². The zero-order chi connectivity index (χ0) is 23.8. The van der Waals surface area contributed by atoms with Crippen molar-refractivity contribution in [3.63, 3.8) is 0 Å². The number of nitrogens with one attached hydrogen (secondary N) is 2. The molecule has 16 heteroatoms. The first-order chi connectivity index (χ1) is 15.6. The van der Waals surface area contributed by atoms with Crippen LogP contribution in [0.2, 0.25) is 0 Å². The van der Waals surface area contributed by atoms with E-state index in [-0.39, 0.29) is 30.3 Å². The second-order valence-electron chi connectivity index (χ2n) is 7.76. The first-order valence-electron chi connectivity index (χ1n) is 10.2. The summed E-state index contributed by atoms with van der Waals surface area (Å²) in [4.78, 5) is 21.7. The average Bonchev–Trinajstić information content (AvgIpc) is 3.46. The second kappa shape index (κ2) is 9.13. The van der Waals surface area contributed by atoms with Gasteiger partial charge in [-0.05, 0) is 37.9 Å². The SMILES string of the molecule is NOC1CCCN(c2ccc(S(=O)(=O)N[C@@H]3CCNC3)c(S(N)(=O)=O)c2C2=NCN=N2)C1=O. The average molecular weight is 501 g/mol. The van der Waals surface area contributed by atoms with Gasteiger partial charge in [-0.3, -0.25) is 9.63 Å². The third-order valence-electron chi connectivity index (χ3n) is 5.57. The van der Waals surface area contributed by atoms with Crippen LogP contribution >= 0.6 is 0 Å². The summed E-state index contributed by atoms with van der Waals surface area (Å²) in [5.41, 5.74) is -0.135. The van der Waals surface area contributed by atoms with E-state index in [4.69, 9.17) is 15.9 Å². The van der Waals surface area contributed by atoms with Crippen LogP contribution in [0.4, 0.5) is 5.69 Å². The maximum Gasteiger partial charge on any atom is 0.258 e. The van der Waals surface area contributed by atoms with Gasteiger partial charge >= 0.3 is 0 Å². The number of hydrogen-bond acceptors (Lipinski definition) is 11. The molecule has 3 aliphatic rings. The maximum atomic E-state index is 13.2. The van der Waals surface area contributed by atoms with Gasteiger partial charge in [0.15, 0.2) is 18.6 Å². The Bertz CT molecular complexity index is 1220. The van der Waals surface area contributed by atoms with Gasteiger partial charge < -0.3 is 10.2 Å². The van der Waals surface area contributed by atoms with Crippen molar-refractivity contribution in [3.8, 4) is 0 Å². The zero-order valence-corrected chi connectivity index (χ0v) is 19.1. The highest BCUT2D eigenvalue weighted by Crippen LogP contribution is 2.36. The molecule has 14 nitrogen and oxygen atoms in total. The number of sulfonamides is 2. The lowest BCUT2D eigenvalue weighted by Gasteiger charge is -2.33. The highest BCUT2D eigenvalue weighted by Gasteiger charge is 2.38. The van der Waals surface area contributed by atoms with Crippen molar-refractivity contribution in [3.05, 3.63) is 17.7 Å². The summed E-state index contributed by atoms with van der Waals surface area (Å²) in [6.07, 6.45) is 0.507. The van der Waals surface area contributed by atoms with Gasteiger partial charge in [-0.15, -0.1) is 5.11 Å². The van der Waals surface area contributed by atoms with Crippen molar-refractivity contribution in [2.45, 2.75) is 41.2 Å². The van der Waals surface area contributed by atoms with Gasteiger partial charge in [0.2, 0.25) is 20.0 Å². The molecule has 1 aromatic carbocycles. The molecule has 4 rings (SSSR count). The van der Waals surface area contributed by atoms with Gasteiger partial charge in [0.1, 0.15) is 9.79 Å². The van der Waals surface area contributed by atoms with Crippen molar-refractivity contribution >= 4 is 37.5 Å². The van der Waals surface area contributed by atoms with E-state index in [2.05, 4.69) is 25.3 Å². The van der Waals surface area contributed by atoms with Gasteiger partial charge in [0, 0.05) is 19.1 Å². The van der Waals surface area contributed by atoms with Crippen LogP contribution in [0.15, 0.2) is 37.1 Å². The Morgan fingerprint density at radius 3 is 2.61 bits per heavy atom. The third kappa shape index (κ3) is 4.68. The molecule has 0 spiro atoms. The summed E-state index contributed by atoms with van der Waals surface area (Å²) in [5.74, 6) is 4.59. The summed E-state index contributed by atoms with van der Waals surface area (Å²) in [6.45, 7) is 1.17. The number of nitrogens with two attached hydrogens (primary N) is 2. The number of rotatable bonds is 7. The molecule has 0 aliphatic carbocycles. The van der Waals surface area contributed by atoms with Crippen LogP contribution in [-0.4, -0.2) is 67.0 Å². The van der Waals surface area contributed by atoms with Crippen LogP contribution in [0.25, 0.3) is 0 Å². The molecule has 2 fully saturated rings. The Kier molecular flexibility index (Phi) is 6.59. The minimum atomic E-state index is -4.63. The first-order valence-corrected chi connectivity index (χ1v) is 13.2. The largest absolute Gasteiger partial charge is 0.315 e. The molecule has 2 atom stereocenters. The molecule has 3 aliphatic heterocycles. The minimum absolute atomic E-state index is 0.0758. The number of primary sulfonamides is 1. The quantitative estimate of drug-likeness (QED) is 0.324. The molecule has 0 radical (unpaired) electrons. The number of piperidine rings is 1. The van der Waals surface area contributed by atoms with E-state index in [0.29, 0.717) is 32.4 Å². The summed E-state index contributed by atoms with van der Waals surface area (Å²) in [7, 11) is -8.94. The number of hydrogen-bond donors (Lipinski definition) is 4. The van der Waals surface area contributed by atoms with E-state index < -0.39 is 47.9 Å². The number of aliphatic imine (C=N–C) groups is 1. The Morgan fingerprint density at radius 1 is 1.21 bits per heavy atom. The Balaban J connectivity index is 1.93. The molecule has 1 unspecified atom stereocenters. The number of carbonyl (C=O) groups is 1. The van der Waals surface area contributed by atoms with E-state index in [1.54, 1.807) is 0 Å². The maximum absolute atomic E-state index is 13.2. The molecule has 6 N–H and O–H groups in total. The van der Waals surface area contributed by atoms with Crippen LogP contribution in [0.3, 0.4) is 0 Å². The molecule has 1 amide bonds. The lowest BCUT2D eigenvalue weighted by molar-refractivity contribution is -0.132. The molecule has 0 saturated carbocycles. The Morgan fingerprint density at radius 2 is 2.00 bits per heavy atom. The summed E-state index contributed by atoms with van der Waals surface area (Å²) in [6, 6.07) is 2.02. The lowest BCUT2D eigenvalue weighted by Crippen LogP contribution is -2.47. The number of anilines is 1. The number of carbonyl (C=O) groups excluding carboxylic acids is 1. The van der Waals surface area contributed by atoms with E-state index >= 15 is 0 Å². The highest BCUT2D eigenvalue weighted by atomic mass is 32.2. The zero-order valence-electron chi connectivity index (χ0n) is 17.5. The molecular formula is C17H24N8O6S2. The molecule has 0 bridgehead atoms. The fourth-order valence-electron chi connectivity index (χ4n) is 4.09. The number of benzene rings is 1. The first kappa shape index (κ1) is 23.8. The van der Waals surface area contributed by atoms with Crippen LogP contribution in [0.5, 0.6) is 0 Å². The molecule has 180 valence electrons.